The molecule has 0 heterocycles. The standard InChI is InChI=1S/C15H23N3O5/c1-15(2,3)23-14(22)17-8-11(19)12(20)9-5-4-6-10(7-9)13(21)18-16/h4-7,11-12,19-20H,8,16H2,1-3H3,(H,17,22)(H,18,21). The molecular formula is C15H23N3O5. The van der Waals surface area contributed by atoms with Crippen LogP contribution in [0.4, 0.5) is 4.79 Å². The molecule has 0 saturated carbocycles. The highest BCUT2D eigenvalue weighted by Gasteiger charge is 2.22. The van der Waals surface area contributed by atoms with Gasteiger partial charge in [0.2, 0.25) is 0 Å². The number of carbonyl (C=O) groups is 2. The number of rotatable bonds is 5. The van der Waals surface area contributed by atoms with Gasteiger partial charge in [0.25, 0.3) is 5.91 Å². The second kappa shape index (κ2) is 7.91. The third-order valence-electron chi connectivity index (χ3n) is 2.84. The van der Waals surface area contributed by atoms with Crippen LogP contribution < -0.4 is 16.6 Å². The van der Waals surface area contributed by atoms with E-state index in [-0.39, 0.29) is 12.1 Å². The number of aliphatic hydroxyl groups is 2. The molecule has 2 atom stereocenters. The summed E-state index contributed by atoms with van der Waals surface area (Å²) < 4.78 is 5.03. The summed E-state index contributed by atoms with van der Waals surface area (Å²) in [5, 5.41) is 22.4. The van der Waals surface area contributed by atoms with Gasteiger partial charge in [-0.2, -0.15) is 0 Å². The Morgan fingerprint density at radius 2 is 1.96 bits per heavy atom. The lowest BCUT2D eigenvalue weighted by Gasteiger charge is -2.22. The Balaban J connectivity index is 2.65. The molecule has 0 aliphatic rings. The molecule has 6 N–H and O–H groups in total. The van der Waals surface area contributed by atoms with Crippen molar-refractivity contribution in [3.8, 4) is 0 Å². The van der Waals surface area contributed by atoms with E-state index in [0.717, 1.165) is 0 Å². The zero-order valence-corrected chi connectivity index (χ0v) is 13.4. The van der Waals surface area contributed by atoms with Crippen molar-refractivity contribution in [1.82, 2.24) is 10.7 Å². The number of alkyl carbamates (subject to hydrolysis) is 1. The van der Waals surface area contributed by atoms with E-state index >= 15 is 0 Å². The number of carbonyl (C=O) groups excluding carboxylic acids is 2. The van der Waals surface area contributed by atoms with Crippen molar-refractivity contribution in [2.45, 2.75) is 38.6 Å². The van der Waals surface area contributed by atoms with E-state index in [1.807, 2.05) is 5.43 Å². The molecule has 0 spiro atoms. The summed E-state index contributed by atoms with van der Waals surface area (Å²) in [4.78, 5) is 23.0. The van der Waals surface area contributed by atoms with Gasteiger partial charge in [0.1, 0.15) is 17.8 Å². The van der Waals surface area contributed by atoms with Crippen LogP contribution in [0.3, 0.4) is 0 Å². The molecule has 1 aromatic rings. The molecule has 128 valence electrons. The molecule has 1 rings (SSSR count). The van der Waals surface area contributed by atoms with Gasteiger partial charge in [-0.3, -0.25) is 10.2 Å². The van der Waals surface area contributed by atoms with Crippen molar-refractivity contribution in [3.63, 3.8) is 0 Å². The highest BCUT2D eigenvalue weighted by Crippen LogP contribution is 2.18. The van der Waals surface area contributed by atoms with Gasteiger partial charge in [0.15, 0.2) is 0 Å². The zero-order chi connectivity index (χ0) is 17.6. The largest absolute Gasteiger partial charge is 0.444 e. The first-order valence-corrected chi connectivity index (χ1v) is 7.08. The zero-order valence-electron chi connectivity index (χ0n) is 13.4. The van der Waals surface area contributed by atoms with E-state index in [1.54, 1.807) is 32.9 Å². The second-order valence-corrected chi connectivity index (χ2v) is 5.99. The summed E-state index contributed by atoms with van der Waals surface area (Å²) in [5.41, 5.74) is 1.90. The molecule has 0 aliphatic heterocycles. The van der Waals surface area contributed by atoms with Gasteiger partial charge >= 0.3 is 6.09 Å². The Kier molecular flexibility index (Phi) is 6.49. The maximum Gasteiger partial charge on any atom is 0.407 e. The number of ether oxygens (including phenoxy) is 1. The number of aliphatic hydroxyl groups excluding tert-OH is 2. The third-order valence-corrected chi connectivity index (χ3v) is 2.84. The molecule has 0 aromatic heterocycles. The fraction of sp³-hybridized carbons (Fsp3) is 0.467. The minimum Gasteiger partial charge on any atom is -0.444 e. The van der Waals surface area contributed by atoms with Gasteiger partial charge in [-0.05, 0) is 38.5 Å². The molecule has 1 aromatic carbocycles. The maximum atomic E-state index is 11.5. The van der Waals surface area contributed by atoms with Crippen molar-refractivity contribution in [3.05, 3.63) is 35.4 Å². The molecule has 0 fully saturated rings. The van der Waals surface area contributed by atoms with Crippen LogP contribution in [0.1, 0.15) is 42.8 Å². The lowest BCUT2D eigenvalue weighted by Crippen LogP contribution is -2.39. The predicted molar refractivity (Wildman–Crippen MR) is 83.3 cm³/mol. The number of nitrogens with one attached hydrogen (secondary N) is 2. The Labute approximate surface area is 134 Å². The van der Waals surface area contributed by atoms with Gasteiger partial charge < -0.3 is 20.3 Å². The molecule has 8 heteroatoms. The van der Waals surface area contributed by atoms with Crippen LogP contribution in [-0.2, 0) is 4.74 Å². The summed E-state index contributed by atoms with van der Waals surface area (Å²) in [6, 6.07) is 6.03. The van der Waals surface area contributed by atoms with Crippen LogP contribution in [0, 0.1) is 0 Å². The number of hydrogen-bond acceptors (Lipinski definition) is 6. The molecule has 23 heavy (non-hydrogen) atoms. The summed E-state index contributed by atoms with van der Waals surface area (Å²) >= 11 is 0. The van der Waals surface area contributed by atoms with Crippen molar-refractivity contribution >= 4 is 12.0 Å². The topological polar surface area (TPSA) is 134 Å². The quantitative estimate of drug-likeness (QED) is 0.298. The highest BCUT2D eigenvalue weighted by molar-refractivity contribution is 5.93. The van der Waals surface area contributed by atoms with Crippen LogP contribution in [0.15, 0.2) is 24.3 Å². The molecule has 8 nitrogen and oxygen atoms in total. The van der Waals surface area contributed by atoms with Crippen molar-refractivity contribution < 1.29 is 24.5 Å². The van der Waals surface area contributed by atoms with E-state index in [2.05, 4.69) is 5.32 Å². The summed E-state index contributed by atoms with van der Waals surface area (Å²) in [6.45, 7) is 4.94. The van der Waals surface area contributed by atoms with Crippen LogP contribution in [0.25, 0.3) is 0 Å². The minimum atomic E-state index is -1.28. The lowest BCUT2D eigenvalue weighted by molar-refractivity contribution is 0.0129. The van der Waals surface area contributed by atoms with E-state index in [4.69, 9.17) is 10.6 Å². The molecule has 0 aliphatic carbocycles. The van der Waals surface area contributed by atoms with Gasteiger partial charge in [-0.15, -0.1) is 0 Å². The monoisotopic (exact) mass is 325 g/mol. The summed E-state index contributed by atoms with van der Waals surface area (Å²) in [7, 11) is 0. The number of benzene rings is 1. The molecule has 0 bridgehead atoms. The summed E-state index contributed by atoms with van der Waals surface area (Å²) in [5.74, 6) is 4.54. The Morgan fingerprint density at radius 3 is 2.52 bits per heavy atom. The number of hydrogen-bond donors (Lipinski definition) is 5. The average Bonchev–Trinajstić information content (AvgIpc) is 2.49. The predicted octanol–water partition coefficient (Wildman–Crippen LogP) is 0.209. The fourth-order valence-corrected chi connectivity index (χ4v) is 1.78. The van der Waals surface area contributed by atoms with Crippen LogP contribution in [-0.4, -0.2) is 40.5 Å². The van der Waals surface area contributed by atoms with Crippen molar-refractivity contribution in [2.75, 3.05) is 6.54 Å². The second-order valence-electron chi connectivity index (χ2n) is 5.99. The van der Waals surface area contributed by atoms with E-state index in [0.29, 0.717) is 5.56 Å². The lowest BCUT2D eigenvalue weighted by atomic mass is 10.0. The van der Waals surface area contributed by atoms with Gasteiger partial charge in [-0.1, -0.05) is 12.1 Å². The first-order chi connectivity index (χ1) is 10.6. The smallest absolute Gasteiger partial charge is 0.407 e. The highest BCUT2D eigenvalue weighted by atomic mass is 16.6. The Hall–Kier alpha value is -2.16. The Morgan fingerprint density at radius 1 is 1.30 bits per heavy atom. The van der Waals surface area contributed by atoms with E-state index < -0.39 is 29.8 Å². The molecule has 2 unspecified atom stereocenters. The SMILES string of the molecule is CC(C)(C)OC(=O)NCC(O)C(O)c1cccc(C(=O)NN)c1. The third kappa shape index (κ3) is 6.23. The molecule has 0 radical (unpaired) electrons. The number of nitrogens with two attached hydrogens (primary N) is 1. The first-order valence-electron chi connectivity index (χ1n) is 7.08. The minimum absolute atomic E-state index is 0.205. The molecule has 0 saturated heterocycles. The van der Waals surface area contributed by atoms with E-state index in [1.165, 1.54) is 12.1 Å². The average molecular weight is 325 g/mol. The van der Waals surface area contributed by atoms with Gasteiger partial charge in [0.05, 0.1) is 0 Å². The van der Waals surface area contributed by atoms with Gasteiger partial charge in [0, 0.05) is 12.1 Å². The van der Waals surface area contributed by atoms with Crippen LogP contribution in [0.2, 0.25) is 0 Å². The van der Waals surface area contributed by atoms with Crippen molar-refractivity contribution in [1.29, 1.82) is 0 Å². The van der Waals surface area contributed by atoms with Crippen molar-refractivity contribution in [2.24, 2.45) is 5.84 Å². The molecule has 2 amide bonds. The number of hydrazine groups is 1. The maximum absolute atomic E-state index is 11.5. The molecular weight excluding hydrogens is 302 g/mol. The Bertz CT molecular complexity index is 556. The van der Waals surface area contributed by atoms with Gasteiger partial charge in [-0.25, -0.2) is 10.6 Å². The van der Waals surface area contributed by atoms with Crippen LogP contribution >= 0.6 is 0 Å². The van der Waals surface area contributed by atoms with Crippen LogP contribution in [0.5, 0.6) is 0 Å². The normalized spacial score (nSPS) is 13.8. The van der Waals surface area contributed by atoms with E-state index in [9.17, 15) is 19.8 Å². The number of amides is 2. The number of nitrogen functional groups attached to an aromatic ring is 1. The first kappa shape index (κ1) is 18.9. The summed E-state index contributed by atoms with van der Waals surface area (Å²) in [6.07, 6.45) is -3.24. The fourth-order valence-electron chi connectivity index (χ4n) is 1.78.